The zero-order valence-corrected chi connectivity index (χ0v) is 10.2. The minimum atomic E-state index is 0.290. The maximum atomic E-state index is 9.76. The monoisotopic (exact) mass is 240 g/mol. The van der Waals surface area contributed by atoms with E-state index in [9.17, 15) is 5.11 Å². The molecule has 0 aromatic heterocycles. The van der Waals surface area contributed by atoms with Crippen LogP contribution in [0.15, 0.2) is 18.2 Å². The van der Waals surface area contributed by atoms with E-state index in [1.54, 1.807) is 12.1 Å². The van der Waals surface area contributed by atoms with Crippen molar-refractivity contribution in [3.05, 3.63) is 28.8 Å². The number of hydrogen-bond acceptors (Lipinski definition) is 3. The third kappa shape index (κ3) is 2.67. The maximum absolute atomic E-state index is 9.76. The van der Waals surface area contributed by atoms with Crippen molar-refractivity contribution >= 4 is 11.6 Å². The van der Waals surface area contributed by atoms with Crippen LogP contribution in [0.3, 0.4) is 0 Å². The molecule has 0 bridgehead atoms. The van der Waals surface area contributed by atoms with Crippen LogP contribution in [-0.2, 0) is 6.54 Å². The second-order valence-corrected chi connectivity index (χ2v) is 4.74. The van der Waals surface area contributed by atoms with Gasteiger partial charge < -0.3 is 10.4 Å². The Morgan fingerprint density at radius 1 is 1.56 bits per heavy atom. The van der Waals surface area contributed by atoms with Crippen molar-refractivity contribution in [3.8, 4) is 5.75 Å². The van der Waals surface area contributed by atoms with E-state index in [1.165, 1.54) is 0 Å². The molecule has 1 saturated heterocycles. The molecule has 0 amide bonds. The first kappa shape index (κ1) is 11.7. The van der Waals surface area contributed by atoms with Crippen LogP contribution in [0.25, 0.3) is 0 Å². The quantitative estimate of drug-likeness (QED) is 0.828. The van der Waals surface area contributed by atoms with Gasteiger partial charge >= 0.3 is 0 Å². The zero-order chi connectivity index (χ0) is 11.5. The summed E-state index contributed by atoms with van der Waals surface area (Å²) in [6.07, 6.45) is 0. The minimum absolute atomic E-state index is 0.290. The molecule has 0 saturated carbocycles. The molecule has 1 fully saturated rings. The largest absolute Gasteiger partial charge is 0.508 e. The van der Waals surface area contributed by atoms with Gasteiger partial charge in [0.2, 0.25) is 0 Å². The van der Waals surface area contributed by atoms with Crippen molar-refractivity contribution in [2.45, 2.75) is 19.5 Å². The number of aromatic hydroxyl groups is 1. The number of hydrogen-bond donors (Lipinski definition) is 2. The van der Waals surface area contributed by atoms with E-state index < -0.39 is 0 Å². The molecule has 2 rings (SSSR count). The Bertz CT molecular complexity index is 350. The lowest BCUT2D eigenvalue weighted by Gasteiger charge is -2.32. The number of piperazine rings is 1. The van der Waals surface area contributed by atoms with Gasteiger partial charge in [-0.15, -0.1) is 0 Å². The lowest BCUT2D eigenvalue weighted by Crippen LogP contribution is -2.48. The molecule has 1 aliphatic heterocycles. The van der Waals surface area contributed by atoms with Crippen molar-refractivity contribution in [1.29, 1.82) is 0 Å². The Kier molecular flexibility index (Phi) is 3.69. The number of phenolic OH excluding ortho intramolecular Hbond substituents is 1. The molecule has 1 aromatic carbocycles. The first-order valence-corrected chi connectivity index (χ1v) is 5.96. The normalized spacial score (nSPS) is 22.2. The summed E-state index contributed by atoms with van der Waals surface area (Å²) < 4.78 is 0. The number of halogens is 1. The molecule has 0 spiro atoms. The topological polar surface area (TPSA) is 35.5 Å². The lowest BCUT2D eigenvalue weighted by molar-refractivity contribution is 0.198. The molecule has 2 N–H and O–H groups in total. The van der Waals surface area contributed by atoms with E-state index >= 15 is 0 Å². The third-order valence-electron chi connectivity index (χ3n) is 2.93. The van der Waals surface area contributed by atoms with Gasteiger partial charge in [-0.05, 0) is 19.1 Å². The van der Waals surface area contributed by atoms with E-state index in [2.05, 4.69) is 17.1 Å². The molecule has 0 radical (unpaired) electrons. The summed E-state index contributed by atoms with van der Waals surface area (Å²) in [6.45, 7) is 5.86. The van der Waals surface area contributed by atoms with Gasteiger partial charge in [-0.2, -0.15) is 0 Å². The highest BCUT2D eigenvalue weighted by Crippen LogP contribution is 2.26. The molecule has 1 atom stereocenters. The average molecular weight is 241 g/mol. The van der Waals surface area contributed by atoms with Crippen LogP contribution in [0, 0.1) is 0 Å². The van der Waals surface area contributed by atoms with Crippen molar-refractivity contribution in [1.82, 2.24) is 10.2 Å². The fraction of sp³-hybridized carbons (Fsp3) is 0.500. The Hall–Kier alpha value is -0.770. The molecule has 3 nitrogen and oxygen atoms in total. The molecule has 88 valence electrons. The maximum Gasteiger partial charge on any atom is 0.121 e. The van der Waals surface area contributed by atoms with Crippen LogP contribution >= 0.6 is 11.6 Å². The van der Waals surface area contributed by atoms with Gasteiger partial charge in [0.25, 0.3) is 0 Å². The molecule has 16 heavy (non-hydrogen) atoms. The number of nitrogens with zero attached hydrogens (tertiary/aromatic N) is 1. The van der Waals surface area contributed by atoms with Crippen molar-refractivity contribution in [3.63, 3.8) is 0 Å². The van der Waals surface area contributed by atoms with Crippen LogP contribution in [0.5, 0.6) is 5.75 Å². The van der Waals surface area contributed by atoms with Gasteiger partial charge in [-0.3, -0.25) is 4.90 Å². The van der Waals surface area contributed by atoms with E-state index in [0.29, 0.717) is 16.8 Å². The summed E-state index contributed by atoms with van der Waals surface area (Å²) in [5.74, 6) is 0.290. The lowest BCUT2D eigenvalue weighted by atomic mass is 10.1. The van der Waals surface area contributed by atoms with Gasteiger partial charge in [-0.25, -0.2) is 0 Å². The standard InChI is InChI=1S/C12H17ClN2O/c1-9-7-15(6-5-14-9)8-10-11(13)3-2-4-12(10)16/h2-4,9,14,16H,5-8H2,1H3/t9-/m0/s1. The molecule has 4 heteroatoms. The second-order valence-electron chi connectivity index (χ2n) is 4.33. The van der Waals surface area contributed by atoms with E-state index in [0.717, 1.165) is 31.7 Å². The molecule has 1 aromatic rings. The predicted octanol–water partition coefficient (Wildman–Crippen LogP) is 1.84. The Morgan fingerprint density at radius 3 is 3.06 bits per heavy atom. The SMILES string of the molecule is C[C@H]1CN(Cc2c(O)cccc2Cl)CCN1. The van der Waals surface area contributed by atoms with Gasteiger partial charge in [0, 0.05) is 42.8 Å². The van der Waals surface area contributed by atoms with Crippen LogP contribution in [0.4, 0.5) is 0 Å². The molecular formula is C12H17ClN2O. The number of benzene rings is 1. The molecule has 1 heterocycles. The third-order valence-corrected chi connectivity index (χ3v) is 3.28. The summed E-state index contributed by atoms with van der Waals surface area (Å²) in [6, 6.07) is 5.77. The first-order valence-electron chi connectivity index (χ1n) is 5.59. The highest BCUT2D eigenvalue weighted by Gasteiger charge is 2.17. The van der Waals surface area contributed by atoms with Crippen molar-refractivity contribution < 1.29 is 5.11 Å². The van der Waals surface area contributed by atoms with Crippen LogP contribution < -0.4 is 5.32 Å². The summed E-state index contributed by atoms with van der Waals surface area (Å²) in [5, 5.41) is 13.8. The Labute approximate surface area is 101 Å². The van der Waals surface area contributed by atoms with Crippen molar-refractivity contribution in [2.24, 2.45) is 0 Å². The number of phenols is 1. The highest BCUT2D eigenvalue weighted by molar-refractivity contribution is 6.31. The summed E-state index contributed by atoms with van der Waals surface area (Å²) in [5.41, 5.74) is 0.832. The van der Waals surface area contributed by atoms with Gasteiger partial charge in [0.15, 0.2) is 0 Å². The fourth-order valence-electron chi connectivity index (χ4n) is 2.08. The fourth-order valence-corrected chi connectivity index (χ4v) is 2.31. The van der Waals surface area contributed by atoms with Gasteiger partial charge in [0.05, 0.1) is 0 Å². The van der Waals surface area contributed by atoms with E-state index in [4.69, 9.17) is 11.6 Å². The minimum Gasteiger partial charge on any atom is -0.508 e. The highest BCUT2D eigenvalue weighted by atomic mass is 35.5. The summed E-state index contributed by atoms with van der Waals surface area (Å²) in [4.78, 5) is 2.31. The zero-order valence-electron chi connectivity index (χ0n) is 9.41. The van der Waals surface area contributed by atoms with Crippen LogP contribution in [0.2, 0.25) is 5.02 Å². The van der Waals surface area contributed by atoms with Crippen LogP contribution in [-0.4, -0.2) is 35.7 Å². The molecule has 0 aliphatic carbocycles. The Balaban J connectivity index is 2.08. The average Bonchev–Trinajstić information content (AvgIpc) is 2.24. The van der Waals surface area contributed by atoms with Gasteiger partial charge in [0.1, 0.15) is 5.75 Å². The van der Waals surface area contributed by atoms with E-state index in [1.807, 2.05) is 6.07 Å². The molecular weight excluding hydrogens is 224 g/mol. The second kappa shape index (κ2) is 5.04. The first-order chi connectivity index (χ1) is 7.66. The summed E-state index contributed by atoms with van der Waals surface area (Å²) in [7, 11) is 0. The number of nitrogens with one attached hydrogen (secondary N) is 1. The molecule has 1 aliphatic rings. The number of rotatable bonds is 2. The predicted molar refractivity (Wildman–Crippen MR) is 65.9 cm³/mol. The Morgan fingerprint density at radius 2 is 2.38 bits per heavy atom. The van der Waals surface area contributed by atoms with Crippen LogP contribution in [0.1, 0.15) is 12.5 Å². The van der Waals surface area contributed by atoms with Crippen molar-refractivity contribution in [2.75, 3.05) is 19.6 Å². The summed E-state index contributed by atoms with van der Waals surface area (Å²) >= 11 is 6.08. The smallest absolute Gasteiger partial charge is 0.121 e. The van der Waals surface area contributed by atoms with E-state index in [-0.39, 0.29) is 0 Å². The van der Waals surface area contributed by atoms with Gasteiger partial charge in [-0.1, -0.05) is 17.7 Å². The molecule has 0 unspecified atom stereocenters.